The molecule has 0 aromatic heterocycles. The van der Waals surface area contributed by atoms with Gasteiger partial charge in [-0.3, -0.25) is 0 Å². The Morgan fingerprint density at radius 3 is 1.52 bits per heavy atom. The number of aliphatic hydroxyl groups excluding tert-OH is 7. The summed E-state index contributed by atoms with van der Waals surface area (Å²) in [6.07, 6.45) is -16.7. The first kappa shape index (κ1) is 38.5. The molecular weight excluding hydrogens is 696 g/mol. The number of hydrogen-bond donors (Lipinski definition) is 8. The summed E-state index contributed by atoms with van der Waals surface area (Å²) in [6, 6.07) is 6.79. The molecule has 4 heterocycles. The van der Waals surface area contributed by atoms with Gasteiger partial charge in [-0.1, -0.05) is 0 Å². The van der Waals surface area contributed by atoms with Crippen molar-refractivity contribution in [2.24, 2.45) is 11.8 Å². The fraction of sp³-hybridized carbons (Fsp3) is 0.647. The van der Waals surface area contributed by atoms with Gasteiger partial charge in [-0.15, -0.1) is 0 Å². The zero-order chi connectivity index (χ0) is 37.4. The number of phenols is 1. The molecule has 0 spiro atoms. The zero-order valence-corrected chi connectivity index (χ0v) is 28.9. The molecule has 2 aromatic carbocycles. The minimum atomic E-state index is -1.77. The van der Waals surface area contributed by atoms with Crippen LogP contribution >= 0.6 is 0 Å². The third-order valence-corrected chi connectivity index (χ3v) is 10.1. The summed E-state index contributed by atoms with van der Waals surface area (Å²) in [7, 11) is 5.70. The van der Waals surface area contributed by atoms with Crippen LogP contribution < -0.4 is 23.7 Å². The molecule has 8 N–H and O–H groups in total. The Morgan fingerprint density at radius 2 is 1.04 bits per heavy atom. The highest BCUT2D eigenvalue weighted by molar-refractivity contribution is 5.55. The summed E-state index contributed by atoms with van der Waals surface area (Å²) in [5, 5.41) is 82.5. The molecule has 4 aliphatic heterocycles. The lowest BCUT2D eigenvalue weighted by molar-refractivity contribution is -0.323. The third kappa shape index (κ3) is 7.06. The van der Waals surface area contributed by atoms with E-state index in [9.17, 15) is 40.9 Å². The average molecular weight is 743 g/mol. The minimum Gasteiger partial charge on any atom is -0.502 e. The quantitative estimate of drug-likeness (QED) is 0.123. The van der Waals surface area contributed by atoms with Gasteiger partial charge >= 0.3 is 0 Å². The van der Waals surface area contributed by atoms with Crippen LogP contribution in [-0.2, 0) is 23.7 Å². The molecule has 6 rings (SSSR count). The van der Waals surface area contributed by atoms with Crippen molar-refractivity contribution in [3.8, 4) is 34.5 Å². The third-order valence-electron chi connectivity index (χ3n) is 10.1. The number of fused-ring (bicyclic) bond motifs is 1. The van der Waals surface area contributed by atoms with Gasteiger partial charge < -0.3 is 88.2 Å². The van der Waals surface area contributed by atoms with Crippen LogP contribution in [0.3, 0.4) is 0 Å². The summed E-state index contributed by atoms with van der Waals surface area (Å²) >= 11 is 0. The van der Waals surface area contributed by atoms with Crippen LogP contribution in [0.25, 0.3) is 0 Å². The van der Waals surface area contributed by atoms with Gasteiger partial charge in [0.05, 0.1) is 67.1 Å². The van der Waals surface area contributed by atoms with Crippen LogP contribution in [0.4, 0.5) is 0 Å². The second-order valence-corrected chi connectivity index (χ2v) is 13.0. The van der Waals surface area contributed by atoms with E-state index in [0.29, 0.717) is 18.8 Å². The molecule has 0 saturated carbocycles. The normalized spacial score (nSPS) is 37.4. The average Bonchev–Trinajstić information content (AvgIpc) is 3.77. The van der Waals surface area contributed by atoms with Crippen molar-refractivity contribution in [1.29, 1.82) is 0 Å². The molecule has 52 heavy (non-hydrogen) atoms. The smallest absolute Gasteiger partial charge is 0.229 e. The maximum Gasteiger partial charge on any atom is 0.229 e. The van der Waals surface area contributed by atoms with E-state index < -0.39 is 80.7 Å². The fourth-order valence-corrected chi connectivity index (χ4v) is 7.16. The molecule has 4 fully saturated rings. The number of phenolic OH excluding ortho intramolecular Hbond substituents is 1. The molecule has 18 heteroatoms. The molecule has 18 nitrogen and oxygen atoms in total. The maximum atomic E-state index is 10.8. The molecule has 4 saturated heterocycles. The summed E-state index contributed by atoms with van der Waals surface area (Å²) in [6.45, 7) is -0.480. The van der Waals surface area contributed by atoms with E-state index in [1.165, 1.54) is 28.4 Å². The maximum absolute atomic E-state index is 10.8. The van der Waals surface area contributed by atoms with E-state index >= 15 is 0 Å². The van der Waals surface area contributed by atoms with Crippen molar-refractivity contribution in [3.63, 3.8) is 0 Å². The summed E-state index contributed by atoms with van der Waals surface area (Å²) in [5.74, 6) is 0.616. The van der Waals surface area contributed by atoms with Gasteiger partial charge in [0.1, 0.15) is 48.8 Å². The number of hydrogen-bond acceptors (Lipinski definition) is 18. The van der Waals surface area contributed by atoms with Gasteiger partial charge in [-0.05, 0) is 35.4 Å². The monoisotopic (exact) mass is 742 g/mol. The molecule has 0 bridgehead atoms. The van der Waals surface area contributed by atoms with E-state index in [2.05, 4.69) is 0 Å². The van der Waals surface area contributed by atoms with Crippen LogP contribution in [0.15, 0.2) is 24.3 Å². The minimum absolute atomic E-state index is 0.00775. The number of methoxy groups -OCH3 is 4. The highest BCUT2D eigenvalue weighted by Crippen LogP contribution is 2.53. The molecule has 14 atom stereocenters. The number of rotatable bonds is 12. The largest absolute Gasteiger partial charge is 0.502 e. The Kier molecular flexibility index (Phi) is 11.8. The Balaban J connectivity index is 1.18. The van der Waals surface area contributed by atoms with Gasteiger partial charge in [0.25, 0.3) is 0 Å². The van der Waals surface area contributed by atoms with Gasteiger partial charge in [0.15, 0.2) is 29.3 Å². The number of aliphatic hydroxyl groups is 7. The van der Waals surface area contributed by atoms with Crippen molar-refractivity contribution in [3.05, 3.63) is 35.4 Å². The Bertz CT molecular complexity index is 1470. The molecule has 4 aliphatic rings. The summed E-state index contributed by atoms with van der Waals surface area (Å²) in [4.78, 5) is 0. The number of benzene rings is 2. The standard InChI is InChI=1S/C34H46O18/c1-43-17-5-13(6-18(44-2)23(17)36)30-15-10-48-31(16(15)11-47-30)14-7-19(45-3)32(20(8-14)46-4)52-34-29(42)27(40)25(38)22(51-34)12-49-33-28(41)26(39)24(37)21(9-35)50-33/h5-8,15-16,21-22,24-31,33-42H,9-12H2,1-4H3/t15-,16-,21+,22+,24+,25+,26-,27-,28+,29+,30+,31+,33+,34-/m0/s1. The molecule has 2 aromatic rings. The van der Waals surface area contributed by atoms with Gasteiger partial charge in [0.2, 0.25) is 17.8 Å². The van der Waals surface area contributed by atoms with Crippen LogP contribution in [0.5, 0.6) is 34.5 Å². The van der Waals surface area contributed by atoms with Gasteiger partial charge in [-0.2, -0.15) is 0 Å². The predicted octanol–water partition coefficient (Wildman–Crippen LogP) is -1.50. The van der Waals surface area contributed by atoms with Crippen molar-refractivity contribution in [2.45, 2.75) is 73.6 Å². The van der Waals surface area contributed by atoms with Crippen molar-refractivity contribution in [2.75, 3.05) is 54.9 Å². The highest BCUT2D eigenvalue weighted by atomic mass is 16.7. The summed E-state index contributed by atoms with van der Waals surface area (Å²) < 4.78 is 57.2. The van der Waals surface area contributed by atoms with Crippen LogP contribution in [-0.4, -0.2) is 157 Å². The van der Waals surface area contributed by atoms with E-state index in [1.54, 1.807) is 24.3 Å². The molecule has 0 amide bonds. The molecule has 0 radical (unpaired) electrons. The summed E-state index contributed by atoms with van der Waals surface area (Å²) in [5.41, 5.74) is 1.45. The van der Waals surface area contributed by atoms with E-state index in [1.807, 2.05) is 0 Å². The van der Waals surface area contributed by atoms with Crippen LogP contribution in [0, 0.1) is 11.8 Å². The van der Waals surface area contributed by atoms with Crippen LogP contribution in [0.1, 0.15) is 23.3 Å². The highest BCUT2D eigenvalue weighted by Gasteiger charge is 2.50. The van der Waals surface area contributed by atoms with E-state index in [4.69, 9.17) is 47.4 Å². The molecular formula is C34H46O18. The lowest BCUT2D eigenvalue weighted by Crippen LogP contribution is -2.62. The second kappa shape index (κ2) is 16.0. The van der Waals surface area contributed by atoms with Gasteiger partial charge in [-0.25, -0.2) is 0 Å². The topological polar surface area (TPSA) is 254 Å². The SMILES string of the molecule is COc1cc([C@H]2OC[C@H]3[C@@H]2CO[C@@H]3c2cc(OC)c(O[C@@H]3O[C@H](CO[C@@H]4O[C@H](CO)[C@@H](O)[C@H](O)[C@H]4O)[C@@H](O)[C@H](O)[C@H]3O)c(OC)c2)cc(OC)c1O. The van der Waals surface area contributed by atoms with E-state index in [0.717, 1.165) is 5.56 Å². The van der Waals surface area contributed by atoms with Crippen LogP contribution in [0.2, 0.25) is 0 Å². The van der Waals surface area contributed by atoms with Gasteiger partial charge in [0, 0.05) is 11.8 Å². The number of aromatic hydroxyl groups is 1. The Hall–Kier alpha value is -3.24. The first-order valence-electron chi connectivity index (χ1n) is 16.7. The molecule has 290 valence electrons. The lowest BCUT2D eigenvalue weighted by atomic mass is 9.84. The lowest BCUT2D eigenvalue weighted by Gasteiger charge is -2.42. The Labute approximate surface area is 298 Å². The predicted molar refractivity (Wildman–Crippen MR) is 172 cm³/mol. The zero-order valence-electron chi connectivity index (χ0n) is 28.9. The van der Waals surface area contributed by atoms with Crippen molar-refractivity contribution in [1.82, 2.24) is 0 Å². The molecule has 0 aliphatic carbocycles. The second-order valence-electron chi connectivity index (χ2n) is 13.0. The first-order valence-corrected chi connectivity index (χ1v) is 16.7. The molecule has 0 unspecified atom stereocenters. The Morgan fingerprint density at radius 1 is 0.596 bits per heavy atom. The number of ether oxygens (including phenoxy) is 10. The first-order chi connectivity index (χ1) is 24.9. The van der Waals surface area contributed by atoms with Crippen molar-refractivity contribution < 1.29 is 88.2 Å². The van der Waals surface area contributed by atoms with E-state index in [-0.39, 0.29) is 52.4 Å². The van der Waals surface area contributed by atoms with Crippen molar-refractivity contribution >= 4 is 0 Å². The fourth-order valence-electron chi connectivity index (χ4n) is 7.16.